The summed E-state index contributed by atoms with van der Waals surface area (Å²) in [5.74, 6) is 1.70. The highest BCUT2D eigenvalue weighted by atomic mass is 32.2. The van der Waals surface area contributed by atoms with Gasteiger partial charge in [0, 0.05) is 46.9 Å². The van der Waals surface area contributed by atoms with Gasteiger partial charge < -0.3 is 10.4 Å². The van der Waals surface area contributed by atoms with Crippen LogP contribution >= 0.6 is 0 Å². The van der Waals surface area contributed by atoms with Crippen LogP contribution in [0.4, 0.5) is 0 Å². The van der Waals surface area contributed by atoms with Gasteiger partial charge in [-0.05, 0) is 25.7 Å². The Labute approximate surface area is 100 Å². The van der Waals surface area contributed by atoms with Gasteiger partial charge in [0.05, 0.1) is 0 Å². The first-order chi connectivity index (χ1) is 7.74. The first kappa shape index (κ1) is 12.5. The summed E-state index contributed by atoms with van der Waals surface area (Å²) in [5, 5.41) is 13.1. The molecule has 4 heteroatoms. The second-order valence-electron chi connectivity index (χ2n) is 5.37. The third-order valence-electron chi connectivity index (χ3n) is 4.15. The van der Waals surface area contributed by atoms with Crippen LogP contribution in [-0.2, 0) is 10.8 Å². The number of aliphatic hydroxyl groups excluding tert-OH is 1. The van der Waals surface area contributed by atoms with E-state index in [0.717, 1.165) is 43.7 Å². The molecule has 0 aromatic rings. The van der Waals surface area contributed by atoms with Crippen molar-refractivity contribution in [2.45, 2.75) is 44.6 Å². The van der Waals surface area contributed by atoms with Gasteiger partial charge in [-0.2, -0.15) is 0 Å². The lowest BCUT2D eigenvalue weighted by molar-refractivity contribution is 0.124. The molecule has 0 bridgehead atoms. The fraction of sp³-hybridized carbons (Fsp3) is 1.00. The second-order valence-corrected chi connectivity index (χ2v) is 7.06. The molecule has 0 spiro atoms. The molecule has 94 valence electrons. The topological polar surface area (TPSA) is 49.3 Å². The average Bonchev–Trinajstić information content (AvgIpc) is 2.78. The number of hydrogen-bond donors (Lipinski definition) is 2. The molecule has 0 aromatic heterocycles. The Morgan fingerprint density at radius 1 is 1.25 bits per heavy atom. The molecule has 1 heterocycles. The van der Waals surface area contributed by atoms with Crippen LogP contribution in [0.2, 0.25) is 0 Å². The monoisotopic (exact) mass is 245 g/mol. The van der Waals surface area contributed by atoms with Crippen LogP contribution in [0.1, 0.15) is 38.5 Å². The largest absolute Gasteiger partial charge is 0.396 e. The maximum absolute atomic E-state index is 11.2. The van der Waals surface area contributed by atoms with Gasteiger partial charge in [0.1, 0.15) is 0 Å². The predicted octanol–water partition coefficient (Wildman–Crippen LogP) is 1.04. The Kier molecular flexibility index (Phi) is 4.39. The fourth-order valence-electron chi connectivity index (χ4n) is 2.87. The van der Waals surface area contributed by atoms with E-state index >= 15 is 0 Å². The molecule has 0 radical (unpaired) electrons. The van der Waals surface area contributed by atoms with Crippen LogP contribution in [0, 0.1) is 5.41 Å². The summed E-state index contributed by atoms with van der Waals surface area (Å²) >= 11 is 0. The third kappa shape index (κ3) is 3.05. The van der Waals surface area contributed by atoms with Gasteiger partial charge in [-0.25, -0.2) is 0 Å². The Morgan fingerprint density at radius 3 is 2.44 bits per heavy atom. The minimum Gasteiger partial charge on any atom is -0.396 e. The maximum atomic E-state index is 11.2. The van der Waals surface area contributed by atoms with Crippen LogP contribution in [-0.4, -0.2) is 40.0 Å². The number of aliphatic hydroxyl groups is 1. The van der Waals surface area contributed by atoms with Gasteiger partial charge in [0.15, 0.2) is 0 Å². The summed E-state index contributed by atoms with van der Waals surface area (Å²) in [6.45, 7) is 1.26. The van der Waals surface area contributed by atoms with Crippen molar-refractivity contribution in [3.05, 3.63) is 0 Å². The van der Waals surface area contributed by atoms with Crippen LogP contribution in [0.15, 0.2) is 0 Å². The van der Waals surface area contributed by atoms with Crippen molar-refractivity contribution in [2.24, 2.45) is 5.41 Å². The van der Waals surface area contributed by atoms with Gasteiger partial charge in [0.25, 0.3) is 0 Å². The van der Waals surface area contributed by atoms with Gasteiger partial charge in [-0.3, -0.25) is 4.21 Å². The van der Waals surface area contributed by atoms with Crippen LogP contribution in [0.5, 0.6) is 0 Å². The molecule has 2 rings (SSSR count). The number of nitrogens with one attached hydrogen (secondary N) is 1. The lowest BCUT2D eigenvalue weighted by Gasteiger charge is -2.31. The van der Waals surface area contributed by atoms with E-state index in [4.69, 9.17) is 0 Å². The predicted molar refractivity (Wildman–Crippen MR) is 66.9 cm³/mol. The van der Waals surface area contributed by atoms with Gasteiger partial charge in [-0.1, -0.05) is 12.8 Å². The van der Waals surface area contributed by atoms with E-state index in [9.17, 15) is 9.32 Å². The van der Waals surface area contributed by atoms with Crippen molar-refractivity contribution in [2.75, 3.05) is 24.7 Å². The third-order valence-corrected chi connectivity index (χ3v) is 5.54. The van der Waals surface area contributed by atoms with Crippen LogP contribution in [0.3, 0.4) is 0 Å². The van der Waals surface area contributed by atoms with Crippen molar-refractivity contribution in [1.29, 1.82) is 0 Å². The molecule has 0 unspecified atom stereocenters. The number of hydrogen-bond acceptors (Lipinski definition) is 3. The first-order valence-corrected chi connectivity index (χ1v) is 7.92. The van der Waals surface area contributed by atoms with E-state index in [1.165, 1.54) is 12.8 Å². The summed E-state index contributed by atoms with van der Waals surface area (Å²) in [7, 11) is -0.568. The fourth-order valence-corrected chi connectivity index (χ4v) is 4.17. The Balaban J connectivity index is 1.75. The van der Waals surface area contributed by atoms with Crippen molar-refractivity contribution < 1.29 is 9.32 Å². The molecular formula is C12H23NO2S. The summed E-state index contributed by atoms with van der Waals surface area (Å²) in [5.41, 5.74) is 0.149. The Hall–Kier alpha value is 0.0700. The SMILES string of the molecule is O=S1CCC(NCC2(CO)CCCC2)CC1. The minimum atomic E-state index is -0.568. The second kappa shape index (κ2) is 5.61. The zero-order chi connectivity index (χ0) is 11.4. The zero-order valence-corrected chi connectivity index (χ0v) is 10.7. The van der Waals surface area contributed by atoms with E-state index in [1.54, 1.807) is 0 Å². The van der Waals surface area contributed by atoms with Gasteiger partial charge in [-0.15, -0.1) is 0 Å². The van der Waals surface area contributed by atoms with Gasteiger partial charge >= 0.3 is 0 Å². The Bertz CT molecular complexity index is 241. The quantitative estimate of drug-likeness (QED) is 0.778. The van der Waals surface area contributed by atoms with E-state index in [-0.39, 0.29) is 5.41 Å². The smallest absolute Gasteiger partial charge is 0.0499 e. The molecule has 0 atom stereocenters. The highest BCUT2D eigenvalue weighted by Crippen LogP contribution is 2.37. The zero-order valence-electron chi connectivity index (χ0n) is 9.91. The molecule has 2 N–H and O–H groups in total. The van der Waals surface area contributed by atoms with E-state index in [2.05, 4.69) is 5.32 Å². The van der Waals surface area contributed by atoms with E-state index in [1.807, 2.05) is 0 Å². The summed E-state index contributed by atoms with van der Waals surface area (Å²) in [4.78, 5) is 0. The molecule has 16 heavy (non-hydrogen) atoms. The molecule has 1 saturated carbocycles. The van der Waals surface area contributed by atoms with E-state index < -0.39 is 10.8 Å². The first-order valence-electron chi connectivity index (χ1n) is 6.43. The molecule has 2 aliphatic rings. The normalized spacial score (nSPS) is 34.1. The molecule has 1 saturated heterocycles. The standard InChI is InChI=1S/C12H23NO2S/c14-10-12(5-1-2-6-12)9-13-11-3-7-16(15)8-4-11/h11,13-14H,1-10H2. The average molecular weight is 245 g/mol. The molecule has 0 amide bonds. The van der Waals surface area contributed by atoms with Crippen LogP contribution in [0.25, 0.3) is 0 Å². The molecule has 1 aliphatic carbocycles. The van der Waals surface area contributed by atoms with Crippen molar-refractivity contribution >= 4 is 10.8 Å². The van der Waals surface area contributed by atoms with Crippen molar-refractivity contribution in [1.82, 2.24) is 5.32 Å². The molecule has 0 aromatic carbocycles. The highest BCUT2D eigenvalue weighted by Gasteiger charge is 2.33. The summed E-state index contributed by atoms with van der Waals surface area (Å²) in [6.07, 6.45) is 6.92. The summed E-state index contributed by atoms with van der Waals surface area (Å²) in [6, 6.07) is 0.529. The lowest BCUT2D eigenvalue weighted by Crippen LogP contribution is -2.43. The van der Waals surface area contributed by atoms with Gasteiger partial charge in [0.2, 0.25) is 0 Å². The lowest BCUT2D eigenvalue weighted by atomic mass is 9.87. The number of rotatable bonds is 4. The maximum Gasteiger partial charge on any atom is 0.0499 e. The van der Waals surface area contributed by atoms with Crippen LogP contribution < -0.4 is 5.32 Å². The molecule has 3 nitrogen and oxygen atoms in total. The molecule has 2 fully saturated rings. The highest BCUT2D eigenvalue weighted by molar-refractivity contribution is 7.85. The van der Waals surface area contributed by atoms with Crippen molar-refractivity contribution in [3.63, 3.8) is 0 Å². The summed E-state index contributed by atoms with van der Waals surface area (Å²) < 4.78 is 11.2. The van der Waals surface area contributed by atoms with E-state index in [0.29, 0.717) is 12.6 Å². The molecular weight excluding hydrogens is 222 g/mol. The Morgan fingerprint density at radius 2 is 1.88 bits per heavy atom. The molecule has 1 aliphatic heterocycles. The minimum absolute atomic E-state index is 0.149. The van der Waals surface area contributed by atoms with Crippen molar-refractivity contribution in [3.8, 4) is 0 Å².